The minimum atomic E-state index is 0.250. The molecular weight excluding hydrogens is 298 g/mol. The maximum Gasteiger partial charge on any atom is 0.161 e. The Balaban J connectivity index is 2.16. The van der Waals surface area contributed by atoms with Crippen LogP contribution in [0.4, 0.5) is 0 Å². The van der Waals surface area contributed by atoms with Gasteiger partial charge in [0.05, 0.1) is 14.2 Å². The van der Waals surface area contributed by atoms with E-state index in [9.17, 15) is 0 Å². The first kappa shape index (κ1) is 17.4. The molecule has 1 fully saturated rings. The van der Waals surface area contributed by atoms with Crippen molar-refractivity contribution in [2.24, 2.45) is 5.92 Å². The maximum atomic E-state index is 5.95. The van der Waals surface area contributed by atoms with Crippen LogP contribution in [0, 0.1) is 5.92 Å². The van der Waals surface area contributed by atoms with Gasteiger partial charge in [-0.15, -0.1) is 11.6 Å². The Bertz CT molecular complexity index is 488. The number of rotatable bonds is 8. The van der Waals surface area contributed by atoms with Crippen molar-refractivity contribution in [2.45, 2.75) is 31.6 Å². The minimum absolute atomic E-state index is 0.250. The van der Waals surface area contributed by atoms with Gasteiger partial charge in [-0.1, -0.05) is 19.4 Å². The second-order valence-corrected chi connectivity index (χ2v) is 6.97. The first-order valence-electron chi connectivity index (χ1n) is 8.01. The third-order valence-electron chi connectivity index (χ3n) is 4.77. The predicted octanol–water partition coefficient (Wildman–Crippen LogP) is 3.93. The monoisotopic (exact) mass is 325 g/mol. The molecule has 0 saturated heterocycles. The summed E-state index contributed by atoms with van der Waals surface area (Å²) in [6, 6.07) is 6.37. The number of halogens is 1. The van der Waals surface area contributed by atoms with Crippen LogP contribution in [-0.4, -0.2) is 45.1 Å². The van der Waals surface area contributed by atoms with Crippen LogP contribution < -0.4 is 9.47 Å². The molecule has 0 radical (unpaired) electrons. The summed E-state index contributed by atoms with van der Waals surface area (Å²) in [5.74, 6) is 2.86. The van der Waals surface area contributed by atoms with E-state index < -0.39 is 0 Å². The number of benzene rings is 1. The van der Waals surface area contributed by atoms with Crippen LogP contribution in [-0.2, 0) is 5.41 Å². The Labute approximate surface area is 139 Å². The average molecular weight is 326 g/mol. The highest BCUT2D eigenvalue weighted by atomic mass is 35.5. The van der Waals surface area contributed by atoms with E-state index in [2.05, 4.69) is 31.0 Å². The molecule has 0 aliphatic heterocycles. The lowest BCUT2D eigenvalue weighted by atomic mass is 9.64. The molecule has 0 spiro atoms. The summed E-state index contributed by atoms with van der Waals surface area (Å²) in [5.41, 5.74) is 1.61. The lowest BCUT2D eigenvalue weighted by Crippen LogP contribution is -2.45. The summed E-state index contributed by atoms with van der Waals surface area (Å²) >= 11 is 5.95. The largest absolute Gasteiger partial charge is 0.493 e. The first-order valence-corrected chi connectivity index (χ1v) is 8.55. The van der Waals surface area contributed by atoms with Crippen molar-refractivity contribution in [1.29, 1.82) is 0 Å². The van der Waals surface area contributed by atoms with Gasteiger partial charge in [0.25, 0.3) is 0 Å². The van der Waals surface area contributed by atoms with Gasteiger partial charge >= 0.3 is 0 Å². The van der Waals surface area contributed by atoms with Crippen molar-refractivity contribution in [2.75, 3.05) is 40.2 Å². The molecule has 22 heavy (non-hydrogen) atoms. The highest BCUT2D eigenvalue weighted by Gasteiger charge is 2.40. The number of hydrogen-bond acceptors (Lipinski definition) is 3. The molecule has 0 aromatic heterocycles. The van der Waals surface area contributed by atoms with Crippen LogP contribution in [0.3, 0.4) is 0 Å². The van der Waals surface area contributed by atoms with Gasteiger partial charge in [0, 0.05) is 24.4 Å². The number of hydrogen-bond donors (Lipinski definition) is 0. The Kier molecular flexibility index (Phi) is 5.99. The van der Waals surface area contributed by atoms with Gasteiger partial charge in [-0.25, -0.2) is 0 Å². The van der Waals surface area contributed by atoms with E-state index in [1.165, 1.54) is 24.8 Å². The van der Waals surface area contributed by atoms with Crippen LogP contribution in [0.2, 0.25) is 0 Å². The molecule has 0 unspecified atom stereocenters. The highest BCUT2D eigenvalue weighted by molar-refractivity contribution is 6.18. The Morgan fingerprint density at radius 3 is 2.41 bits per heavy atom. The van der Waals surface area contributed by atoms with Crippen LogP contribution in [0.5, 0.6) is 11.5 Å². The normalized spacial score (nSPS) is 17.9. The number of nitrogens with zero attached hydrogens (tertiary/aromatic N) is 1. The molecular formula is C18H28ClNO2. The maximum absolute atomic E-state index is 5.95. The average Bonchev–Trinajstić information content (AvgIpc) is 2.50. The van der Waals surface area contributed by atoms with E-state index in [0.717, 1.165) is 24.6 Å². The van der Waals surface area contributed by atoms with Crippen molar-refractivity contribution in [1.82, 2.24) is 4.90 Å². The quantitative estimate of drug-likeness (QED) is 0.676. The van der Waals surface area contributed by atoms with E-state index in [1.807, 2.05) is 6.07 Å². The number of methoxy groups -OCH3 is 2. The zero-order valence-electron chi connectivity index (χ0n) is 14.2. The SMILES string of the molecule is COc1ccc(C2(CN(C)C[C@H](C)CCl)CCC2)cc1OC. The lowest BCUT2D eigenvalue weighted by molar-refractivity contribution is 0.150. The van der Waals surface area contributed by atoms with E-state index in [0.29, 0.717) is 11.8 Å². The van der Waals surface area contributed by atoms with Crippen LogP contribution in [0.25, 0.3) is 0 Å². The van der Waals surface area contributed by atoms with E-state index >= 15 is 0 Å². The van der Waals surface area contributed by atoms with Gasteiger partial charge < -0.3 is 14.4 Å². The molecule has 0 amide bonds. The molecule has 2 rings (SSSR count). The first-order chi connectivity index (χ1) is 10.5. The van der Waals surface area contributed by atoms with Gasteiger partial charge in [0.15, 0.2) is 11.5 Å². The van der Waals surface area contributed by atoms with Gasteiger partial charge in [-0.2, -0.15) is 0 Å². The number of ether oxygens (including phenoxy) is 2. The smallest absolute Gasteiger partial charge is 0.161 e. The fourth-order valence-electron chi connectivity index (χ4n) is 3.47. The zero-order chi connectivity index (χ0) is 16.2. The van der Waals surface area contributed by atoms with Gasteiger partial charge in [-0.3, -0.25) is 0 Å². The summed E-state index contributed by atoms with van der Waals surface area (Å²) in [7, 11) is 5.57. The Morgan fingerprint density at radius 1 is 1.23 bits per heavy atom. The van der Waals surface area contributed by atoms with Crippen LogP contribution in [0.1, 0.15) is 31.7 Å². The Hall–Kier alpha value is -0.930. The van der Waals surface area contributed by atoms with Crippen molar-refractivity contribution in [3.05, 3.63) is 23.8 Å². The standard InChI is InChI=1S/C18H28ClNO2/c1-14(11-19)12-20(2)13-18(8-5-9-18)15-6-7-16(21-3)17(10-15)22-4/h6-7,10,14H,5,8-9,11-13H2,1-4H3/t14-/m1/s1. The third-order valence-corrected chi connectivity index (χ3v) is 5.29. The van der Waals surface area contributed by atoms with Gasteiger partial charge in [0.1, 0.15) is 0 Å². The van der Waals surface area contributed by atoms with Crippen molar-refractivity contribution in [3.63, 3.8) is 0 Å². The van der Waals surface area contributed by atoms with Crippen LogP contribution >= 0.6 is 11.6 Å². The summed E-state index contributed by atoms with van der Waals surface area (Å²) in [6.07, 6.45) is 3.78. The second-order valence-electron chi connectivity index (χ2n) is 6.66. The van der Waals surface area contributed by atoms with Crippen molar-refractivity contribution in [3.8, 4) is 11.5 Å². The molecule has 0 heterocycles. The van der Waals surface area contributed by atoms with Crippen molar-refractivity contribution < 1.29 is 9.47 Å². The lowest BCUT2D eigenvalue weighted by Gasteiger charge is -2.45. The molecule has 0 bridgehead atoms. The molecule has 3 nitrogen and oxygen atoms in total. The van der Waals surface area contributed by atoms with E-state index in [4.69, 9.17) is 21.1 Å². The van der Waals surface area contributed by atoms with Gasteiger partial charge in [0.2, 0.25) is 0 Å². The number of alkyl halides is 1. The summed E-state index contributed by atoms with van der Waals surface area (Å²) in [5, 5.41) is 0. The third kappa shape index (κ3) is 3.69. The van der Waals surface area contributed by atoms with Crippen molar-refractivity contribution >= 4 is 11.6 Å². The fraction of sp³-hybridized carbons (Fsp3) is 0.667. The van der Waals surface area contributed by atoms with Crippen LogP contribution in [0.15, 0.2) is 18.2 Å². The van der Waals surface area contributed by atoms with Gasteiger partial charge in [-0.05, 0) is 43.5 Å². The predicted molar refractivity (Wildman–Crippen MR) is 92.5 cm³/mol. The number of likely N-dealkylation sites (N-methyl/N-ethyl adjacent to an activating group) is 1. The molecule has 1 aromatic carbocycles. The summed E-state index contributed by atoms with van der Waals surface area (Å²) in [6.45, 7) is 4.32. The molecule has 4 heteroatoms. The second kappa shape index (κ2) is 7.56. The molecule has 1 saturated carbocycles. The topological polar surface area (TPSA) is 21.7 Å². The minimum Gasteiger partial charge on any atom is -0.493 e. The summed E-state index contributed by atoms with van der Waals surface area (Å²) in [4.78, 5) is 2.42. The van der Waals surface area contributed by atoms with E-state index in [-0.39, 0.29) is 5.41 Å². The van der Waals surface area contributed by atoms with E-state index in [1.54, 1.807) is 14.2 Å². The summed E-state index contributed by atoms with van der Waals surface area (Å²) < 4.78 is 10.8. The molecule has 1 aliphatic rings. The zero-order valence-corrected chi connectivity index (χ0v) is 14.9. The molecule has 0 N–H and O–H groups in total. The molecule has 1 aliphatic carbocycles. The highest BCUT2D eigenvalue weighted by Crippen LogP contribution is 2.46. The molecule has 124 valence electrons. The molecule has 1 aromatic rings. The fourth-order valence-corrected chi connectivity index (χ4v) is 3.57. The molecule has 1 atom stereocenters. The Morgan fingerprint density at radius 2 is 1.91 bits per heavy atom.